The SMILES string of the molecule is CCc1cc(=O)c2cc(OC)c(Br)cc2[nH]1. The fraction of sp³-hybridized carbons (Fsp3) is 0.250. The number of benzene rings is 1. The van der Waals surface area contributed by atoms with E-state index in [4.69, 9.17) is 4.74 Å². The Hall–Kier alpha value is -1.29. The molecule has 84 valence electrons. The molecule has 3 nitrogen and oxygen atoms in total. The molecule has 0 fully saturated rings. The molecule has 0 aliphatic rings. The molecule has 1 heterocycles. The van der Waals surface area contributed by atoms with Crippen LogP contribution < -0.4 is 10.2 Å². The standard InChI is InChI=1S/C12H12BrNO2/c1-3-7-4-11(15)8-5-12(16-2)9(13)6-10(8)14-7/h4-6H,3H2,1-2H3,(H,14,15). The van der Waals surface area contributed by atoms with Crippen molar-refractivity contribution in [3.8, 4) is 5.75 Å². The summed E-state index contributed by atoms with van der Waals surface area (Å²) in [5.41, 5.74) is 1.79. The third kappa shape index (κ3) is 1.85. The van der Waals surface area contributed by atoms with E-state index in [0.29, 0.717) is 11.1 Å². The van der Waals surface area contributed by atoms with E-state index in [-0.39, 0.29) is 5.43 Å². The van der Waals surface area contributed by atoms with Gasteiger partial charge in [0.05, 0.1) is 17.1 Å². The highest BCUT2D eigenvalue weighted by atomic mass is 79.9. The lowest BCUT2D eigenvalue weighted by Gasteiger charge is -2.06. The minimum Gasteiger partial charge on any atom is -0.496 e. The maximum absolute atomic E-state index is 11.8. The molecule has 0 radical (unpaired) electrons. The van der Waals surface area contributed by atoms with Crippen LogP contribution in [0.5, 0.6) is 5.75 Å². The molecule has 0 saturated heterocycles. The van der Waals surface area contributed by atoms with Gasteiger partial charge in [-0.3, -0.25) is 4.79 Å². The molecule has 0 amide bonds. The van der Waals surface area contributed by atoms with Crippen LogP contribution in [0.15, 0.2) is 27.5 Å². The number of methoxy groups -OCH3 is 1. The van der Waals surface area contributed by atoms with E-state index < -0.39 is 0 Å². The fourth-order valence-corrected chi connectivity index (χ4v) is 2.16. The molecule has 1 aromatic heterocycles. The highest BCUT2D eigenvalue weighted by Gasteiger charge is 2.06. The number of hydrogen-bond acceptors (Lipinski definition) is 2. The van der Waals surface area contributed by atoms with Crippen LogP contribution in [0.1, 0.15) is 12.6 Å². The first-order valence-corrected chi connectivity index (χ1v) is 5.84. The first-order valence-electron chi connectivity index (χ1n) is 5.05. The Bertz CT molecular complexity index is 589. The summed E-state index contributed by atoms with van der Waals surface area (Å²) in [6, 6.07) is 5.25. The van der Waals surface area contributed by atoms with Gasteiger partial charge < -0.3 is 9.72 Å². The number of fused-ring (bicyclic) bond motifs is 1. The topological polar surface area (TPSA) is 42.1 Å². The van der Waals surface area contributed by atoms with Crippen LogP contribution in [0.25, 0.3) is 10.9 Å². The summed E-state index contributed by atoms with van der Waals surface area (Å²) in [4.78, 5) is 15.1. The van der Waals surface area contributed by atoms with Crippen molar-refractivity contribution in [1.29, 1.82) is 0 Å². The number of halogens is 1. The maximum atomic E-state index is 11.8. The van der Waals surface area contributed by atoms with Crippen LogP contribution >= 0.6 is 15.9 Å². The summed E-state index contributed by atoms with van der Waals surface area (Å²) < 4.78 is 6.00. The molecule has 0 spiro atoms. The number of ether oxygens (including phenoxy) is 1. The number of rotatable bonds is 2. The second-order valence-corrected chi connectivity index (χ2v) is 4.40. The Balaban J connectivity index is 2.80. The number of pyridine rings is 1. The van der Waals surface area contributed by atoms with Crippen LogP contribution in [0.4, 0.5) is 0 Å². The van der Waals surface area contributed by atoms with E-state index in [0.717, 1.165) is 22.1 Å². The number of aromatic nitrogens is 1. The molecule has 2 rings (SSSR count). The van der Waals surface area contributed by atoms with E-state index in [2.05, 4.69) is 20.9 Å². The van der Waals surface area contributed by atoms with Gasteiger partial charge in [-0.05, 0) is 34.5 Å². The minimum absolute atomic E-state index is 0.0244. The lowest BCUT2D eigenvalue weighted by atomic mass is 10.1. The zero-order valence-electron chi connectivity index (χ0n) is 9.13. The third-order valence-corrected chi connectivity index (χ3v) is 3.16. The Labute approximate surface area is 102 Å². The molecule has 0 aliphatic carbocycles. The van der Waals surface area contributed by atoms with Gasteiger partial charge in [-0.1, -0.05) is 6.92 Å². The molecule has 0 aliphatic heterocycles. The molecule has 0 saturated carbocycles. The van der Waals surface area contributed by atoms with Gasteiger partial charge in [-0.2, -0.15) is 0 Å². The number of H-pyrrole nitrogens is 1. The van der Waals surface area contributed by atoms with Crippen molar-refractivity contribution in [3.63, 3.8) is 0 Å². The van der Waals surface area contributed by atoms with Gasteiger partial charge >= 0.3 is 0 Å². The molecule has 16 heavy (non-hydrogen) atoms. The maximum Gasteiger partial charge on any atom is 0.189 e. The quantitative estimate of drug-likeness (QED) is 0.920. The Morgan fingerprint density at radius 3 is 2.75 bits per heavy atom. The number of nitrogens with one attached hydrogen (secondary N) is 1. The zero-order chi connectivity index (χ0) is 11.7. The number of hydrogen-bond donors (Lipinski definition) is 1. The Morgan fingerprint density at radius 1 is 1.38 bits per heavy atom. The van der Waals surface area contributed by atoms with Crippen molar-refractivity contribution < 1.29 is 4.74 Å². The van der Waals surface area contributed by atoms with Gasteiger partial charge in [0.1, 0.15) is 5.75 Å². The summed E-state index contributed by atoms with van der Waals surface area (Å²) in [5.74, 6) is 0.669. The van der Waals surface area contributed by atoms with Gasteiger partial charge in [0.2, 0.25) is 0 Å². The van der Waals surface area contributed by atoms with E-state index in [1.165, 1.54) is 0 Å². The van der Waals surface area contributed by atoms with Crippen molar-refractivity contribution >= 4 is 26.8 Å². The first kappa shape index (κ1) is 11.2. The Kier molecular flexibility index (Phi) is 3.01. The van der Waals surface area contributed by atoms with E-state index in [9.17, 15) is 4.79 Å². The average molecular weight is 282 g/mol. The summed E-state index contributed by atoms with van der Waals surface area (Å²) in [6.07, 6.45) is 0.814. The normalized spacial score (nSPS) is 10.7. The summed E-state index contributed by atoms with van der Waals surface area (Å²) in [5, 5.41) is 0.650. The molecule has 0 unspecified atom stereocenters. The molecule has 0 bridgehead atoms. The highest BCUT2D eigenvalue weighted by molar-refractivity contribution is 9.10. The monoisotopic (exact) mass is 281 g/mol. The van der Waals surface area contributed by atoms with E-state index in [1.807, 2.05) is 13.0 Å². The van der Waals surface area contributed by atoms with Crippen LogP contribution in [-0.2, 0) is 6.42 Å². The van der Waals surface area contributed by atoms with Crippen molar-refractivity contribution in [1.82, 2.24) is 4.98 Å². The predicted octanol–water partition coefficient (Wildman–Crippen LogP) is 2.86. The first-order chi connectivity index (χ1) is 7.65. The van der Waals surface area contributed by atoms with Gasteiger partial charge in [0.25, 0.3) is 0 Å². The van der Waals surface area contributed by atoms with Crippen LogP contribution in [-0.4, -0.2) is 12.1 Å². The molecule has 1 aromatic carbocycles. The highest BCUT2D eigenvalue weighted by Crippen LogP contribution is 2.28. The summed E-state index contributed by atoms with van der Waals surface area (Å²) >= 11 is 3.40. The van der Waals surface area contributed by atoms with Gasteiger partial charge in [-0.15, -0.1) is 0 Å². The van der Waals surface area contributed by atoms with Crippen LogP contribution in [0, 0.1) is 0 Å². The van der Waals surface area contributed by atoms with Gasteiger partial charge in [0.15, 0.2) is 5.43 Å². The zero-order valence-corrected chi connectivity index (χ0v) is 10.7. The van der Waals surface area contributed by atoms with Crippen molar-refractivity contribution in [2.24, 2.45) is 0 Å². The largest absolute Gasteiger partial charge is 0.496 e. The van der Waals surface area contributed by atoms with Crippen LogP contribution in [0.3, 0.4) is 0 Å². The Morgan fingerprint density at radius 2 is 2.12 bits per heavy atom. The molecule has 4 heteroatoms. The van der Waals surface area contributed by atoms with Gasteiger partial charge in [0, 0.05) is 17.1 Å². The number of aromatic amines is 1. The van der Waals surface area contributed by atoms with Crippen molar-refractivity contribution in [2.75, 3.05) is 7.11 Å². The van der Waals surface area contributed by atoms with E-state index in [1.54, 1.807) is 19.2 Å². The lowest BCUT2D eigenvalue weighted by Crippen LogP contribution is -2.05. The fourth-order valence-electron chi connectivity index (χ4n) is 1.65. The molecular weight excluding hydrogens is 270 g/mol. The third-order valence-electron chi connectivity index (χ3n) is 2.54. The molecule has 2 aromatic rings. The molecule has 1 N–H and O–H groups in total. The summed E-state index contributed by atoms with van der Waals surface area (Å²) in [6.45, 7) is 2.01. The van der Waals surface area contributed by atoms with Crippen molar-refractivity contribution in [3.05, 3.63) is 38.6 Å². The molecular formula is C12H12BrNO2. The summed E-state index contributed by atoms with van der Waals surface area (Å²) in [7, 11) is 1.58. The smallest absolute Gasteiger partial charge is 0.189 e. The number of aryl methyl sites for hydroxylation is 1. The lowest BCUT2D eigenvalue weighted by molar-refractivity contribution is 0.413. The van der Waals surface area contributed by atoms with E-state index >= 15 is 0 Å². The predicted molar refractivity (Wildman–Crippen MR) is 68.2 cm³/mol. The van der Waals surface area contributed by atoms with Crippen molar-refractivity contribution in [2.45, 2.75) is 13.3 Å². The van der Waals surface area contributed by atoms with Gasteiger partial charge in [-0.25, -0.2) is 0 Å². The molecule has 0 atom stereocenters. The second-order valence-electron chi connectivity index (χ2n) is 3.54. The minimum atomic E-state index is 0.0244. The second kappa shape index (κ2) is 4.29. The van der Waals surface area contributed by atoms with Crippen LogP contribution in [0.2, 0.25) is 0 Å². The average Bonchev–Trinajstić information content (AvgIpc) is 2.28.